The molecule has 212 valence electrons. The number of carbonyl (C=O) groups is 1. The number of amides is 1. The van der Waals surface area contributed by atoms with Gasteiger partial charge >= 0.3 is 0 Å². The zero-order valence-corrected chi connectivity index (χ0v) is 21.4. The van der Waals surface area contributed by atoms with Crippen LogP contribution in [-0.2, 0) is 10.0 Å². The maximum atomic E-state index is 13.6. The molecule has 0 bridgehead atoms. The Bertz CT molecular complexity index is 1440. The van der Waals surface area contributed by atoms with Gasteiger partial charge in [0.15, 0.2) is 5.82 Å². The van der Waals surface area contributed by atoms with Crippen LogP contribution in [0, 0.1) is 11.3 Å². The third kappa shape index (κ3) is 5.46. The molecule has 3 aliphatic rings. The van der Waals surface area contributed by atoms with Crippen LogP contribution in [0.1, 0.15) is 42.1 Å². The van der Waals surface area contributed by atoms with Crippen molar-refractivity contribution in [2.24, 2.45) is 11.3 Å². The van der Waals surface area contributed by atoms with Crippen molar-refractivity contribution in [3.05, 3.63) is 46.2 Å². The first-order valence-corrected chi connectivity index (χ1v) is 14.1. The molecule has 15 heteroatoms. The molecule has 39 heavy (non-hydrogen) atoms. The fraction of sp³-hybridized carbons (Fsp3) is 0.542. The normalized spacial score (nSPS) is 24.2. The summed E-state index contributed by atoms with van der Waals surface area (Å²) in [7, 11) is -3.87. The summed E-state index contributed by atoms with van der Waals surface area (Å²) in [4.78, 5) is 27.2. The van der Waals surface area contributed by atoms with Gasteiger partial charge in [-0.3, -0.25) is 14.3 Å². The van der Waals surface area contributed by atoms with Crippen molar-refractivity contribution in [1.82, 2.24) is 9.78 Å². The first kappa shape index (κ1) is 27.4. The van der Waals surface area contributed by atoms with Gasteiger partial charge in [-0.2, -0.15) is 5.10 Å². The average Bonchev–Trinajstić information content (AvgIpc) is 3.59. The highest BCUT2D eigenvalue weighted by Crippen LogP contribution is 2.61. The van der Waals surface area contributed by atoms with Gasteiger partial charge in [0, 0.05) is 37.4 Å². The second kappa shape index (κ2) is 9.77. The number of nitrogens with one attached hydrogen (secondary N) is 2. The Morgan fingerprint density at radius 1 is 1.18 bits per heavy atom. The molecule has 3 fully saturated rings. The van der Waals surface area contributed by atoms with Crippen molar-refractivity contribution in [2.45, 2.75) is 44.1 Å². The number of rotatable bonds is 9. The van der Waals surface area contributed by atoms with Crippen LogP contribution >= 0.6 is 0 Å². The van der Waals surface area contributed by atoms with Gasteiger partial charge in [0.1, 0.15) is 0 Å². The first-order chi connectivity index (χ1) is 18.3. The van der Waals surface area contributed by atoms with E-state index in [0.29, 0.717) is 12.1 Å². The first-order valence-electron chi connectivity index (χ1n) is 12.4. The van der Waals surface area contributed by atoms with Crippen molar-refractivity contribution in [3.8, 4) is 0 Å². The summed E-state index contributed by atoms with van der Waals surface area (Å²) in [6.45, 7) is -0.136. The van der Waals surface area contributed by atoms with E-state index in [-0.39, 0.29) is 42.5 Å². The quantitative estimate of drug-likeness (QED) is 0.393. The molecule has 2 aliphatic carbocycles. The fourth-order valence-corrected chi connectivity index (χ4v) is 6.22. The molecule has 2 heterocycles. The number of carbonyl (C=O) groups excluding carboxylic acids is 1. The highest BCUT2D eigenvalue weighted by Gasteiger charge is 2.62. The van der Waals surface area contributed by atoms with Crippen molar-refractivity contribution in [1.29, 1.82) is 0 Å². The zero-order chi connectivity index (χ0) is 28.2. The molecule has 2 atom stereocenters. The van der Waals surface area contributed by atoms with E-state index in [1.165, 1.54) is 24.3 Å². The zero-order valence-electron chi connectivity index (χ0n) is 20.6. The number of hydrogen-bond acceptors (Lipinski definition) is 7. The molecule has 1 saturated heterocycles. The van der Waals surface area contributed by atoms with E-state index in [1.54, 1.807) is 4.90 Å². The van der Waals surface area contributed by atoms with E-state index in [9.17, 15) is 35.6 Å². The average molecular weight is 574 g/mol. The van der Waals surface area contributed by atoms with E-state index in [4.69, 9.17) is 5.11 Å². The highest BCUT2D eigenvalue weighted by molar-refractivity contribution is 7.92. The largest absolute Gasteiger partial charge is 0.395 e. The molecule has 2 aromatic rings. The maximum absolute atomic E-state index is 13.6. The smallest absolute Gasteiger partial charge is 0.267 e. The number of halogens is 4. The van der Waals surface area contributed by atoms with Gasteiger partial charge in [-0.15, -0.1) is 0 Å². The number of aliphatic hydroxyl groups excluding tert-OH is 1. The number of hydrogen-bond donors (Lipinski definition) is 3. The highest BCUT2D eigenvalue weighted by atomic mass is 32.2. The second-order valence-electron chi connectivity index (χ2n) is 10.4. The molecule has 0 spiro atoms. The number of aliphatic hydroxyl groups is 1. The van der Waals surface area contributed by atoms with Gasteiger partial charge in [-0.25, -0.2) is 30.7 Å². The summed E-state index contributed by atoms with van der Waals surface area (Å²) in [5.74, 6) is -4.42. The van der Waals surface area contributed by atoms with E-state index in [0.717, 1.165) is 10.7 Å². The van der Waals surface area contributed by atoms with Gasteiger partial charge in [-0.05, 0) is 43.0 Å². The molecule has 1 amide bonds. The molecule has 2 saturated carbocycles. The summed E-state index contributed by atoms with van der Waals surface area (Å²) < 4.78 is 81.4. The summed E-state index contributed by atoms with van der Waals surface area (Å²) in [6, 6.07) is 5.70. The molecule has 3 N–H and O–H groups in total. The second-order valence-corrected chi connectivity index (χ2v) is 12.2. The SMILES string of the molecule is O=C(Nc1ccc(=O)n(C2CC(F)(F)C2)n1)c1ccc(NS(=O)(=O)CCO)cc1N1CC[C@@]2(C(F)F)C[C@H]2C1. The lowest BCUT2D eigenvalue weighted by molar-refractivity contribution is -0.107. The Morgan fingerprint density at radius 3 is 2.56 bits per heavy atom. The van der Waals surface area contributed by atoms with E-state index in [2.05, 4.69) is 15.1 Å². The van der Waals surface area contributed by atoms with Crippen LogP contribution in [0.2, 0.25) is 0 Å². The van der Waals surface area contributed by atoms with Crippen molar-refractivity contribution >= 4 is 33.1 Å². The van der Waals surface area contributed by atoms with Crippen LogP contribution in [-0.4, -0.2) is 67.0 Å². The van der Waals surface area contributed by atoms with Gasteiger partial charge in [0.05, 0.1) is 35.3 Å². The number of alkyl halides is 4. The molecule has 5 rings (SSSR count). The van der Waals surface area contributed by atoms with Crippen LogP contribution in [0.4, 0.5) is 34.8 Å². The number of fused-ring (bicyclic) bond motifs is 1. The molecule has 0 unspecified atom stereocenters. The van der Waals surface area contributed by atoms with E-state index < -0.39 is 70.5 Å². The molecular weight excluding hydrogens is 546 g/mol. The number of piperidine rings is 1. The lowest BCUT2D eigenvalue weighted by Crippen LogP contribution is -2.42. The predicted molar refractivity (Wildman–Crippen MR) is 134 cm³/mol. The Kier molecular flexibility index (Phi) is 6.85. The number of benzene rings is 1. The minimum atomic E-state index is -3.87. The monoisotopic (exact) mass is 573 g/mol. The van der Waals surface area contributed by atoms with Crippen LogP contribution in [0.25, 0.3) is 0 Å². The standard InChI is InChI=1S/C24H27F4N5O5S/c25-22(26)23-5-6-32(13-14(23)10-23)18-9-15(31-39(37,38)8-7-34)1-2-17(18)21(36)29-19-3-4-20(35)33(30-19)16-11-24(27,28)12-16/h1-4,9,14,16,22,31,34H,5-8,10-13H2,(H,29,30,36)/t14-,23+/m0/s1. The van der Waals surface area contributed by atoms with Gasteiger partial charge in [-0.1, -0.05) is 0 Å². The Morgan fingerprint density at radius 2 is 1.92 bits per heavy atom. The molecule has 1 aromatic heterocycles. The summed E-state index contributed by atoms with van der Waals surface area (Å²) in [5.41, 5.74) is -1.10. The third-order valence-corrected chi connectivity index (χ3v) is 8.97. The van der Waals surface area contributed by atoms with Crippen molar-refractivity contribution in [2.75, 3.05) is 40.4 Å². The molecule has 0 radical (unpaired) electrons. The van der Waals surface area contributed by atoms with Crippen LogP contribution in [0.15, 0.2) is 35.1 Å². The van der Waals surface area contributed by atoms with Crippen LogP contribution < -0.4 is 20.5 Å². The molecule has 1 aromatic carbocycles. The lowest BCUT2D eigenvalue weighted by Gasteiger charge is -2.35. The van der Waals surface area contributed by atoms with Gasteiger partial charge < -0.3 is 15.3 Å². The topological polar surface area (TPSA) is 134 Å². The van der Waals surface area contributed by atoms with Crippen LogP contribution in [0.3, 0.4) is 0 Å². The number of nitrogens with zero attached hydrogens (tertiary/aromatic N) is 3. The third-order valence-electron chi connectivity index (χ3n) is 7.70. The summed E-state index contributed by atoms with van der Waals surface area (Å²) in [6.07, 6.45) is -2.97. The molecule has 1 aliphatic heterocycles. The summed E-state index contributed by atoms with van der Waals surface area (Å²) in [5, 5.41) is 15.6. The Hall–Kier alpha value is -3.20. The van der Waals surface area contributed by atoms with Crippen molar-refractivity contribution in [3.63, 3.8) is 0 Å². The number of sulfonamides is 1. The Balaban J connectivity index is 1.41. The van der Waals surface area contributed by atoms with E-state index in [1.807, 2.05) is 0 Å². The fourth-order valence-electron chi connectivity index (χ4n) is 5.39. The van der Waals surface area contributed by atoms with E-state index >= 15 is 0 Å². The molecular formula is C24H27F4N5O5S. The number of aromatic nitrogens is 2. The predicted octanol–water partition coefficient (Wildman–Crippen LogP) is 2.68. The Labute approximate surface area is 221 Å². The summed E-state index contributed by atoms with van der Waals surface area (Å²) >= 11 is 0. The van der Waals surface area contributed by atoms with Crippen LogP contribution in [0.5, 0.6) is 0 Å². The maximum Gasteiger partial charge on any atom is 0.267 e. The van der Waals surface area contributed by atoms with Crippen molar-refractivity contribution < 1.29 is 35.9 Å². The van der Waals surface area contributed by atoms with Gasteiger partial charge in [0.2, 0.25) is 16.4 Å². The number of anilines is 3. The minimum absolute atomic E-state index is 0.0500. The molecule has 10 nitrogen and oxygen atoms in total. The van der Waals surface area contributed by atoms with Gasteiger partial charge in [0.25, 0.3) is 17.4 Å². The minimum Gasteiger partial charge on any atom is -0.395 e. The lowest BCUT2D eigenvalue weighted by atomic mass is 9.88.